The maximum Gasteiger partial charge on any atom is 0.390 e. The second kappa shape index (κ2) is 10.9. The van der Waals surface area contributed by atoms with Crippen LogP contribution in [0, 0.1) is 0 Å². The molecule has 1 aromatic carbocycles. The van der Waals surface area contributed by atoms with Crippen molar-refractivity contribution in [3.63, 3.8) is 0 Å². The van der Waals surface area contributed by atoms with Crippen LogP contribution in [0.15, 0.2) is 54.2 Å². The molecule has 0 saturated carbocycles. The topological polar surface area (TPSA) is 15.3 Å². The minimum absolute atomic E-state index is 0.0251. The van der Waals surface area contributed by atoms with Crippen LogP contribution in [-0.4, -0.2) is 30.7 Å². The summed E-state index contributed by atoms with van der Waals surface area (Å²) >= 11 is 1.28. The van der Waals surface area contributed by atoms with Gasteiger partial charge in [0.2, 0.25) is 0 Å². The Morgan fingerprint density at radius 1 is 1.22 bits per heavy atom. The first-order chi connectivity index (χ1) is 14.8. The van der Waals surface area contributed by atoms with Gasteiger partial charge < -0.3 is 9.62 Å². The number of rotatable bonds is 8. The van der Waals surface area contributed by atoms with Gasteiger partial charge in [-0.3, -0.25) is 0 Å². The number of nitrogens with one attached hydrogen (secondary N) is 1. The van der Waals surface area contributed by atoms with E-state index in [1.165, 1.54) is 35.7 Å². The van der Waals surface area contributed by atoms with Gasteiger partial charge in [0.25, 0.3) is 0 Å². The molecule has 2 rings (SSSR count). The highest BCUT2D eigenvalue weighted by Crippen LogP contribution is 2.42. The molecule has 178 valence electrons. The molecule has 1 aliphatic heterocycles. The molecule has 0 unspecified atom stereocenters. The van der Waals surface area contributed by atoms with Gasteiger partial charge in [-0.15, -0.1) is 0 Å². The molecule has 2 nitrogen and oxygen atoms in total. The molecule has 1 aromatic rings. The van der Waals surface area contributed by atoms with Gasteiger partial charge in [-0.05, 0) is 83.5 Å². The Balaban J connectivity index is 2.20. The first-order valence-electron chi connectivity index (χ1n) is 10.8. The molecule has 0 aromatic heterocycles. The van der Waals surface area contributed by atoms with Crippen LogP contribution >= 0.6 is 11.9 Å². The third-order valence-electron chi connectivity index (χ3n) is 5.95. The first-order valence-corrected chi connectivity index (χ1v) is 11.7. The number of benzene rings is 1. The number of nitrogens with zero attached hydrogens (tertiary/aromatic N) is 1. The molecule has 0 atom stereocenters. The maximum atomic E-state index is 13.5. The van der Waals surface area contributed by atoms with E-state index < -0.39 is 12.6 Å². The number of hydrogen-bond donors (Lipinski definition) is 1. The molecule has 0 radical (unpaired) electrons. The van der Waals surface area contributed by atoms with Gasteiger partial charge in [-0.25, -0.2) is 4.39 Å². The van der Waals surface area contributed by atoms with Gasteiger partial charge in [-0.1, -0.05) is 52.5 Å². The summed E-state index contributed by atoms with van der Waals surface area (Å²) in [7, 11) is 0. The predicted octanol–water partition coefficient (Wildman–Crippen LogP) is 7.90. The summed E-state index contributed by atoms with van der Waals surface area (Å²) in [4.78, 5) is 1.90. The lowest BCUT2D eigenvalue weighted by molar-refractivity contribution is -0.138. The highest BCUT2D eigenvalue weighted by atomic mass is 32.2. The first kappa shape index (κ1) is 26.5. The van der Waals surface area contributed by atoms with Crippen LogP contribution in [0.25, 0.3) is 0 Å². The van der Waals surface area contributed by atoms with Gasteiger partial charge in [0, 0.05) is 12.2 Å². The molecule has 0 amide bonds. The lowest BCUT2D eigenvalue weighted by atomic mass is 9.72. The minimum atomic E-state index is -4.12. The molecular formula is C25H34F4N2S. The second-order valence-corrected chi connectivity index (χ2v) is 10.3. The molecule has 32 heavy (non-hydrogen) atoms. The van der Waals surface area contributed by atoms with Crippen LogP contribution in [0.1, 0.15) is 58.1 Å². The largest absolute Gasteiger partial charge is 0.390 e. The maximum absolute atomic E-state index is 13.5. The van der Waals surface area contributed by atoms with E-state index in [1.807, 2.05) is 11.0 Å². The molecular weight excluding hydrogens is 436 g/mol. The van der Waals surface area contributed by atoms with Crippen molar-refractivity contribution in [3.05, 3.63) is 65.4 Å². The molecule has 1 heterocycles. The molecule has 0 bridgehead atoms. The molecule has 1 saturated heterocycles. The number of likely N-dealkylation sites (tertiary alicyclic amines) is 1. The van der Waals surface area contributed by atoms with Gasteiger partial charge in [0.15, 0.2) is 0 Å². The summed E-state index contributed by atoms with van der Waals surface area (Å²) in [5.74, 6) is -0.379. The fourth-order valence-corrected chi connectivity index (χ4v) is 4.36. The number of anilines is 1. The van der Waals surface area contributed by atoms with E-state index in [0.717, 1.165) is 24.1 Å². The number of hydrogen-bond acceptors (Lipinski definition) is 3. The van der Waals surface area contributed by atoms with Crippen molar-refractivity contribution in [1.29, 1.82) is 0 Å². The summed E-state index contributed by atoms with van der Waals surface area (Å²) in [6.45, 7) is 13.5. The summed E-state index contributed by atoms with van der Waals surface area (Å²) in [6, 6.07) is 6.36. The van der Waals surface area contributed by atoms with Crippen LogP contribution in [0.5, 0.6) is 0 Å². The van der Waals surface area contributed by atoms with Crippen LogP contribution in [0.4, 0.5) is 23.2 Å². The minimum Gasteiger partial charge on any atom is -0.326 e. The average Bonchev–Trinajstić information content (AvgIpc) is 2.70. The molecule has 1 aliphatic rings. The molecule has 1 fully saturated rings. The zero-order chi connectivity index (χ0) is 24.0. The van der Waals surface area contributed by atoms with Gasteiger partial charge >= 0.3 is 6.18 Å². The molecule has 0 aliphatic carbocycles. The van der Waals surface area contributed by atoms with Crippen molar-refractivity contribution >= 4 is 17.6 Å². The van der Waals surface area contributed by atoms with Crippen LogP contribution in [0.3, 0.4) is 0 Å². The fraction of sp³-hybridized carbons (Fsp3) is 0.520. The second-order valence-electron chi connectivity index (χ2n) is 9.59. The third-order valence-corrected chi connectivity index (χ3v) is 6.56. The molecule has 0 spiro atoms. The Hall–Kier alpha value is -1.73. The summed E-state index contributed by atoms with van der Waals surface area (Å²) in [6.07, 6.45) is 0.717. The summed E-state index contributed by atoms with van der Waals surface area (Å²) < 4.78 is 54.6. The quantitative estimate of drug-likeness (QED) is 0.236. The number of alkyl halides is 3. The lowest BCUT2D eigenvalue weighted by Gasteiger charge is -2.41. The van der Waals surface area contributed by atoms with E-state index in [4.69, 9.17) is 0 Å². The summed E-state index contributed by atoms with van der Waals surface area (Å²) in [5.41, 5.74) is 3.13. The average molecular weight is 471 g/mol. The third kappa shape index (κ3) is 8.00. The van der Waals surface area contributed by atoms with Gasteiger partial charge in [0.05, 0.1) is 6.42 Å². The van der Waals surface area contributed by atoms with Crippen molar-refractivity contribution in [3.8, 4) is 0 Å². The molecule has 7 heteroatoms. The normalized spacial score (nSPS) is 18.2. The zero-order valence-electron chi connectivity index (χ0n) is 19.4. The van der Waals surface area contributed by atoms with Crippen molar-refractivity contribution in [2.75, 3.05) is 24.4 Å². The Bertz CT molecular complexity index is 829. The number of allylic oxidation sites excluding steroid dienone is 4. The predicted molar refractivity (Wildman–Crippen MR) is 129 cm³/mol. The van der Waals surface area contributed by atoms with E-state index in [1.54, 1.807) is 5.41 Å². The van der Waals surface area contributed by atoms with E-state index in [2.05, 4.69) is 51.1 Å². The Labute approximate surface area is 194 Å². The number of halogens is 4. The fourth-order valence-electron chi connectivity index (χ4n) is 3.79. The van der Waals surface area contributed by atoms with E-state index in [-0.39, 0.29) is 23.2 Å². The van der Waals surface area contributed by atoms with Crippen molar-refractivity contribution in [2.45, 2.75) is 64.0 Å². The van der Waals surface area contributed by atoms with Crippen molar-refractivity contribution in [2.24, 2.45) is 0 Å². The lowest BCUT2D eigenvalue weighted by Crippen LogP contribution is -2.42. The highest BCUT2D eigenvalue weighted by Gasteiger charge is 2.36. The van der Waals surface area contributed by atoms with Gasteiger partial charge in [0.1, 0.15) is 5.83 Å². The highest BCUT2D eigenvalue weighted by molar-refractivity contribution is 8.03. The zero-order valence-corrected chi connectivity index (χ0v) is 20.2. The Morgan fingerprint density at radius 2 is 1.88 bits per heavy atom. The van der Waals surface area contributed by atoms with Gasteiger partial charge in [-0.2, -0.15) is 13.2 Å². The van der Waals surface area contributed by atoms with Crippen molar-refractivity contribution < 1.29 is 17.6 Å². The molecule has 1 N–H and O–H groups in total. The Kier molecular flexibility index (Phi) is 9.06. The SMILES string of the molecule is C=C/C=C(F)\C=C\SNc1ccc(C(C)(C)C)cc1C1(C)CCN(CCC(F)(F)F)CC1. The van der Waals surface area contributed by atoms with Crippen LogP contribution in [0.2, 0.25) is 0 Å². The summed E-state index contributed by atoms with van der Waals surface area (Å²) in [5, 5.41) is 1.64. The standard InChI is InChI=1S/C25H34F4N2S/c1-6-7-20(26)10-17-32-30-22-9-8-19(23(2,3)4)18-21(22)24(5)11-14-31(15-12-24)16-13-25(27,28)29/h6-10,17-18,30H,1,11-16H2,2-5H3/b17-10+,20-7+. The van der Waals surface area contributed by atoms with Crippen LogP contribution < -0.4 is 4.72 Å². The van der Waals surface area contributed by atoms with Crippen LogP contribution in [-0.2, 0) is 10.8 Å². The monoisotopic (exact) mass is 470 g/mol. The van der Waals surface area contributed by atoms with Crippen molar-refractivity contribution in [1.82, 2.24) is 4.90 Å². The van der Waals surface area contributed by atoms with E-state index in [0.29, 0.717) is 13.1 Å². The van der Waals surface area contributed by atoms with E-state index in [9.17, 15) is 17.6 Å². The smallest absolute Gasteiger partial charge is 0.326 e. The Morgan fingerprint density at radius 3 is 2.44 bits per heavy atom. The van der Waals surface area contributed by atoms with E-state index >= 15 is 0 Å². The number of piperidine rings is 1.